The van der Waals surface area contributed by atoms with Crippen molar-refractivity contribution in [3.05, 3.63) is 42.2 Å². The lowest BCUT2D eigenvalue weighted by Crippen LogP contribution is -1.99. The lowest BCUT2D eigenvalue weighted by molar-refractivity contribution is -0.136. The number of carboxylic acids is 1. The van der Waals surface area contributed by atoms with Crippen molar-refractivity contribution in [2.45, 2.75) is 6.42 Å². The second kappa shape index (κ2) is 4.14. The molecule has 0 bridgehead atoms. The second-order valence-corrected chi connectivity index (χ2v) is 3.20. The predicted octanol–water partition coefficient (Wildman–Crippen LogP) is 2.11. The summed E-state index contributed by atoms with van der Waals surface area (Å²) in [6, 6.07) is 5.72. The van der Waals surface area contributed by atoms with Crippen molar-refractivity contribution in [1.82, 2.24) is 4.98 Å². The number of hydrogen-bond donors (Lipinski definition) is 1. The monoisotopic (exact) mass is 221 g/mol. The Kier molecular flexibility index (Phi) is 2.68. The average Bonchev–Trinajstić information content (AvgIpc) is 2.66. The third kappa shape index (κ3) is 2.25. The van der Waals surface area contributed by atoms with E-state index in [9.17, 15) is 9.18 Å². The summed E-state index contributed by atoms with van der Waals surface area (Å²) in [6.45, 7) is 0. The molecule has 5 heteroatoms. The Morgan fingerprint density at radius 3 is 2.69 bits per heavy atom. The first-order valence-corrected chi connectivity index (χ1v) is 4.57. The van der Waals surface area contributed by atoms with Crippen molar-refractivity contribution in [2.24, 2.45) is 0 Å². The van der Waals surface area contributed by atoms with Crippen LogP contribution in [0.5, 0.6) is 0 Å². The lowest BCUT2D eigenvalue weighted by Gasteiger charge is -1.93. The van der Waals surface area contributed by atoms with Gasteiger partial charge in [-0.2, -0.15) is 0 Å². The fraction of sp³-hybridized carbons (Fsp3) is 0.0909. The molecule has 0 aliphatic carbocycles. The highest BCUT2D eigenvalue weighted by molar-refractivity contribution is 5.69. The number of halogens is 1. The summed E-state index contributed by atoms with van der Waals surface area (Å²) in [5.74, 6) is -1.21. The Bertz CT molecular complexity index is 504. The van der Waals surface area contributed by atoms with Crippen LogP contribution in [-0.4, -0.2) is 16.1 Å². The molecule has 1 heterocycles. The Morgan fingerprint density at radius 2 is 2.06 bits per heavy atom. The van der Waals surface area contributed by atoms with E-state index >= 15 is 0 Å². The summed E-state index contributed by atoms with van der Waals surface area (Å²) in [5, 5.41) is 8.53. The second-order valence-electron chi connectivity index (χ2n) is 3.20. The highest BCUT2D eigenvalue weighted by atomic mass is 19.1. The molecule has 0 aliphatic rings. The molecule has 0 amide bonds. The Labute approximate surface area is 90.4 Å². The number of aliphatic carboxylic acids is 1. The highest BCUT2D eigenvalue weighted by Gasteiger charge is 2.09. The van der Waals surface area contributed by atoms with Crippen molar-refractivity contribution in [3.63, 3.8) is 0 Å². The molecule has 0 atom stereocenters. The quantitative estimate of drug-likeness (QED) is 0.862. The zero-order valence-electron chi connectivity index (χ0n) is 8.18. The van der Waals surface area contributed by atoms with E-state index in [0.717, 1.165) is 0 Å². The molecular weight excluding hydrogens is 213 g/mol. The Morgan fingerprint density at radius 1 is 1.38 bits per heavy atom. The van der Waals surface area contributed by atoms with Crippen LogP contribution in [0.25, 0.3) is 11.3 Å². The van der Waals surface area contributed by atoms with Crippen LogP contribution in [0.15, 0.2) is 34.9 Å². The first-order valence-electron chi connectivity index (χ1n) is 4.57. The fourth-order valence-electron chi connectivity index (χ4n) is 1.27. The van der Waals surface area contributed by atoms with Gasteiger partial charge in [0.1, 0.15) is 24.2 Å². The van der Waals surface area contributed by atoms with Gasteiger partial charge in [0.25, 0.3) is 0 Å². The van der Waals surface area contributed by atoms with Gasteiger partial charge in [-0.25, -0.2) is 9.37 Å². The number of aromatic nitrogens is 1. The van der Waals surface area contributed by atoms with Crippen LogP contribution >= 0.6 is 0 Å². The predicted molar refractivity (Wildman–Crippen MR) is 53.2 cm³/mol. The van der Waals surface area contributed by atoms with E-state index in [1.54, 1.807) is 12.1 Å². The minimum atomic E-state index is -1.01. The van der Waals surface area contributed by atoms with Gasteiger partial charge in [0, 0.05) is 5.56 Å². The van der Waals surface area contributed by atoms with Crippen molar-refractivity contribution >= 4 is 5.97 Å². The number of benzene rings is 1. The molecule has 2 rings (SSSR count). The number of carbonyl (C=O) groups is 1. The van der Waals surface area contributed by atoms with E-state index in [-0.39, 0.29) is 18.1 Å². The number of nitrogens with zero attached hydrogens (tertiary/aromatic N) is 1. The van der Waals surface area contributed by atoms with E-state index in [4.69, 9.17) is 9.52 Å². The molecule has 0 fully saturated rings. The van der Waals surface area contributed by atoms with Gasteiger partial charge in [0.05, 0.1) is 0 Å². The third-order valence-electron chi connectivity index (χ3n) is 1.99. The maximum Gasteiger partial charge on any atom is 0.312 e. The number of oxazole rings is 1. The smallest absolute Gasteiger partial charge is 0.312 e. The molecular formula is C11H8FNO3. The molecule has 1 aromatic carbocycles. The van der Waals surface area contributed by atoms with E-state index in [0.29, 0.717) is 11.3 Å². The van der Waals surface area contributed by atoms with Gasteiger partial charge in [-0.05, 0) is 24.3 Å². The molecule has 16 heavy (non-hydrogen) atoms. The lowest BCUT2D eigenvalue weighted by atomic mass is 10.2. The van der Waals surface area contributed by atoms with Crippen LogP contribution in [0.4, 0.5) is 4.39 Å². The van der Waals surface area contributed by atoms with Crippen molar-refractivity contribution in [2.75, 3.05) is 0 Å². The summed E-state index contributed by atoms with van der Waals surface area (Å²) < 4.78 is 17.6. The first-order chi connectivity index (χ1) is 7.65. The van der Waals surface area contributed by atoms with Crippen LogP contribution in [0.2, 0.25) is 0 Å². The van der Waals surface area contributed by atoms with Crippen molar-refractivity contribution in [3.8, 4) is 11.3 Å². The number of carboxylic acid groups (broad SMARTS) is 1. The standard InChI is InChI=1S/C11H8FNO3/c12-8-3-1-7(2-4-8)9-6-16-10(13-9)5-11(14)15/h1-4,6H,5H2,(H,14,15). The minimum Gasteiger partial charge on any atom is -0.481 e. The summed E-state index contributed by atoms with van der Waals surface area (Å²) >= 11 is 0. The van der Waals surface area contributed by atoms with Gasteiger partial charge in [-0.1, -0.05) is 0 Å². The van der Waals surface area contributed by atoms with E-state index in [1.165, 1.54) is 18.4 Å². The van der Waals surface area contributed by atoms with Crippen LogP contribution in [0.1, 0.15) is 5.89 Å². The summed E-state index contributed by atoms with van der Waals surface area (Å²) in [6.07, 6.45) is 1.09. The fourth-order valence-corrected chi connectivity index (χ4v) is 1.27. The van der Waals surface area contributed by atoms with E-state index < -0.39 is 5.97 Å². The van der Waals surface area contributed by atoms with Crippen LogP contribution in [-0.2, 0) is 11.2 Å². The van der Waals surface area contributed by atoms with Gasteiger partial charge in [-0.3, -0.25) is 4.79 Å². The molecule has 0 unspecified atom stereocenters. The zero-order chi connectivity index (χ0) is 11.5. The third-order valence-corrected chi connectivity index (χ3v) is 1.99. The molecule has 1 aromatic heterocycles. The summed E-state index contributed by atoms with van der Waals surface area (Å²) in [7, 11) is 0. The van der Waals surface area contributed by atoms with Crippen molar-refractivity contribution in [1.29, 1.82) is 0 Å². The molecule has 1 N–H and O–H groups in total. The largest absolute Gasteiger partial charge is 0.481 e. The molecule has 0 radical (unpaired) electrons. The van der Waals surface area contributed by atoms with E-state index in [2.05, 4.69) is 4.98 Å². The summed E-state index contributed by atoms with van der Waals surface area (Å²) in [4.78, 5) is 14.4. The Hall–Kier alpha value is -2.17. The maximum atomic E-state index is 12.7. The Balaban J connectivity index is 2.24. The maximum absolute atomic E-state index is 12.7. The van der Waals surface area contributed by atoms with Crippen molar-refractivity contribution < 1.29 is 18.7 Å². The zero-order valence-corrected chi connectivity index (χ0v) is 8.18. The molecule has 0 spiro atoms. The van der Waals surface area contributed by atoms with Gasteiger partial charge in [0.15, 0.2) is 0 Å². The molecule has 0 saturated carbocycles. The molecule has 0 saturated heterocycles. The highest BCUT2D eigenvalue weighted by Crippen LogP contribution is 2.18. The van der Waals surface area contributed by atoms with Crippen LogP contribution < -0.4 is 0 Å². The molecule has 4 nitrogen and oxygen atoms in total. The summed E-state index contributed by atoms with van der Waals surface area (Å²) in [5.41, 5.74) is 1.18. The molecule has 0 aliphatic heterocycles. The van der Waals surface area contributed by atoms with Gasteiger partial charge >= 0.3 is 5.97 Å². The average molecular weight is 221 g/mol. The van der Waals surface area contributed by atoms with E-state index in [1.807, 2.05) is 0 Å². The normalized spacial score (nSPS) is 10.3. The van der Waals surface area contributed by atoms with Gasteiger partial charge in [-0.15, -0.1) is 0 Å². The van der Waals surface area contributed by atoms with Crippen LogP contribution in [0, 0.1) is 5.82 Å². The minimum absolute atomic E-state index is 0.131. The molecule has 82 valence electrons. The number of rotatable bonds is 3. The topological polar surface area (TPSA) is 63.3 Å². The number of hydrogen-bond acceptors (Lipinski definition) is 3. The molecule has 2 aromatic rings. The SMILES string of the molecule is O=C(O)Cc1nc(-c2ccc(F)cc2)co1. The van der Waals surface area contributed by atoms with Crippen LogP contribution in [0.3, 0.4) is 0 Å². The first kappa shape index (κ1) is 10.4. The van der Waals surface area contributed by atoms with Gasteiger partial charge < -0.3 is 9.52 Å². The van der Waals surface area contributed by atoms with Gasteiger partial charge in [0.2, 0.25) is 5.89 Å².